The van der Waals surface area contributed by atoms with Gasteiger partial charge in [-0.1, -0.05) is 48.5 Å². The van der Waals surface area contributed by atoms with Crippen molar-refractivity contribution in [1.29, 1.82) is 0 Å². The van der Waals surface area contributed by atoms with E-state index in [1.165, 1.54) is 12.7 Å². The minimum atomic E-state index is -0.692. The Hall–Kier alpha value is -2.70. The minimum Gasteiger partial charge on any atom is -0.469 e. The lowest BCUT2D eigenvalue weighted by molar-refractivity contribution is -0.151. The van der Waals surface area contributed by atoms with E-state index in [1.54, 1.807) is 0 Å². The van der Waals surface area contributed by atoms with E-state index in [0.29, 0.717) is 13.0 Å². The van der Waals surface area contributed by atoms with Crippen LogP contribution in [0.1, 0.15) is 32.3 Å². The number of ether oxygens (including phenoxy) is 1. The van der Waals surface area contributed by atoms with E-state index < -0.39 is 5.41 Å². The molecule has 1 saturated heterocycles. The van der Waals surface area contributed by atoms with E-state index in [2.05, 4.69) is 34.5 Å². The Morgan fingerprint density at radius 3 is 2.41 bits per heavy atom. The van der Waals surface area contributed by atoms with Gasteiger partial charge in [-0.15, -0.1) is 0 Å². The van der Waals surface area contributed by atoms with Crippen LogP contribution in [0.2, 0.25) is 0 Å². The van der Waals surface area contributed by atoms with Crippen molar-refractivity contribution >= 4 is 17.6 Å². The number of carbonyl (C=O) groups is 2. The van der Waals surface area contributed by atoms with Crippen LogP contribution in [0.3, 0.4) is 0 Å². The van der Waals surface area contributed by atoms with Gasteiger partial charge >= 0.3 is 5.97 Å². The highest BCUT2D eigenvalue weighted by Crippen LogP contribution is 2.26. The molecule has 2 aromatic carbocycles. The molecule has 1 amide bonds. The molecule has 1 aliphatic rings. The standard InChI is InChI=1S/C26H35N3O3/c1-26(2,25(31)32-3)15-14-24(30)29(23-12-8-5-9-13-23)20-22-19-28(17-16-27-22)18-21-10-6-4-7-11-21/h4-13,22,27H,14-20H2,1-3H3/t22-/m0/s1. The van der Waals surface area contributed by atoms with Crippen molar-refractivity contribution in [3.05, 3.63) is 66.2 Å². The molecule has 1 heterocycles. The van der Waals surface area contributed by atoms with E-state index in [9.17, 15) is 9.59 Å². The van der Waals surface area contributed by atoms with Gasteiger partial charge in [-0.3, -0.25) is 14.5 Å². The smallest absolute Gasteiger partial charge is 0.311 e. The van der Waals surface area contributed by atoms with E-state index >= 15 is 0 Å². The predicted octanol–water partition coefficient (Wildman–Crippen LogP) is 3.47. The Bertz CT molecular complexity index is 870. The Balaban J connectivity index is 1.66. The maximum Gasteiger partial charge on any atom is 0.311 e. The Kier molecular flexibility index (Phi) is 8.42. The molecular formula is C26H35N3O3. The largest absolute Gasteiger partial charge is 0.469 e. The molecule has 1 aliphatic heterocycles. The first kappa shape index (κ1) is 24.0. The number of methoxy groups -OCH3 is 1. The first-order valence-corrected chi connectivity index (χ1v) is 11.3. The summed E-state index contributed by atoms with van der Waals surface area (Å²) in [5.41, 5.74) is 1.49. The molecule has 1 N–H and O–H groups in total. The topological polar surface area (TPSA) is 61.9 Å². The molecule has 1 fully saturated rings. The second-order valence-electron chi connectivity index (χ2n) is 9.09. The van der Waals surface area contributed by atoms with Crippen molar-refractivity contribution in [3.8, 4) is 0 Å². The molecule has 0 aromatic heterocycles. The van der Waals surface area contributed by atoms with Gasteiger partial charge in [0, 0.05) is 50.9 Å². The Morgan fingerprint density at radius 2 is 1.75 bits per heavy atom. The van der Waals surface area contributed by atoms with E-state index in [4.69, 9.17) is 4.74 Å². The predicted molar refractivity (Wildman–Crippen MR) is 127 cm³/mol. The van der Waals surface area contributed by atoms with Crippen LogP contribution in [-0.4, -0.2) is 56.1 Å². The monoisotopic (exact) mass is 437 g/mol. The molecule has 32 heavy (non-hydrogen) atoms. The minimum absolute atomic E-state index is 0.0233. The Morgan fingerprint density at radius 1 is 1.09 bits per heavy atom. The molecule has 1 atom stereocenters. The van der Waals surface area contributed by atoms with Gasteiger partial charge in [-0.2, -0.15) is 0 Å². The van der Waals surface area contributed by atoms with Gasteiger partial charge in [0.15, 0.2) is 0 Å². The molecule has 6 nitrogen and oxygen atoms in total. The number of rotatable bonds is 9. The lowest BCUT2D eigenvalue weighted by Crippen LogP contribution is -2.55. The zero-order chi connectivity index (χ0) is 23.0. The number of anilines is 1. The van der Waals surface area contributed by atoms with Gasteiger partial charge in [0.2, 0.25) is 5.91 Å². The second kappa shape index (κ2) is 11.2. The molecule has 0 spiro atoms. The zero-order valence-electron chi connectivity index (χ0n) is 19.4. The number of esters is 1. The van der Waals surface area contributed by atoms with Crippen molar-refractivity contribution in [1.82, 2.24) is 10.2 Å². The van der Waals surface area contributed by atoms with Crippen LogP contribution in [-0.2, 0) is 20.9 Å². The highest BCUT2D eigenvalue weighted by molar-refractivity contribution is 5.93. The number of carbonyl (C=O) groups excluding carboxylic acids is 2. The van der Waals surface area contributed by atoms with Crippen LogP contribution >= 0.6 is 0 Å². The summed E-state index contributed by atoms with van der Waals surface area (Å²) in [4.78, 5) is 29.6. The van der Waals surface area contributed by atoms with Crippen LogP contribution in [0.15, 0.2) is 60.7 Å². The quantitative estimate of drug-likeness (QED) is 0.609. The summed E-state index contributed by atoms with van der Waals surface area (Å²) >= 11 is 0. The molecule has 0 saturated carbocycles. The van der Waals surface area contributed by atoms with Crippen LogP contribution in [0.25, 0.3) is 0 Å². The summed E-state index contributed by atoms with van der Waals surface area (Å²) in [6.45, 7) is 7.89. The van der Waals surface area contributed by atoms with Crippen molar-refractivity contribution < 1.29 is 14.3 Å². The highest BCUT2D eigenvalue weighted by atomic mass is 16.5. The Labute approximate surface area is 191 Å². The summed E-state index contributed by atoms with van der Waals surface area (Å²) in [7, 11) is 1.39. The number of piperazine rings is 1. The fraction of sp³-hybridized carbons (Fsp3) is 0.462. The van der Waals surface area contributed by atoms with Crippen LogP contribution in [0.4, 0.5) is 5.69 Å². The van der Waals surface area contributed by atoms with Gasteiger partial charge < -0.3 is 15.0 Å². The van der Waals surface area contributed by atoms with Gasteiger partial charge in [-0.05, 0) is 38.0 Å². The fourth-order valence-electron chi connectivity index (χ4n) is 4.11. The third-order valence-corrected chi connectivity index (χ3v) is 6.06. The average molecular weight is 438 g/mol. The van der Waals surface area contributed by atoms with Crippen molar-refractivity contribution in [3.63, 3.8) is 0 Å². The van der Waals surface area contributed by atoms with Crippen molar-refractivity contribution in [2.45, 2.75) is 39.3 Å². The molecular weight excluding hydrogens is 402 g/mol. The lowest BCUT2D eigenvalue weighted by atomic mass is 9.87. The molecule has 0 radical (unpaired) electrons. The summed E-state index contributed by atoms with van der Waals surface area (Å²) < 4.78 is 4.90. The van der Waals surface area contributed by atoms with Gasteiger partial charge in [0.25, 0.3) is 0 Å². The average Bonchev–Trinajstić information content (AvgIpc) is 2.82. The van der Waals surface area contributed by atoms with Gasteiger partial charge in [-0.25, -0.2) is 0 Å². The molecule has 6 heteroatoms. The second-order valence-corrected chi connectivity index (χ2v) is 9.09. The number of hydrogen-bond donors (Lipinski definition) is 1. The summed E-state index contributed by atoms with van der Waals surface area (Å²) in [5, 5.41) is 3.58. The zero-order valence-corrected chi connectivity index (χ0v) is 19.4. The molecule has 172 valence electrons. The van der Waals surface area contributed by atoms with E-state index in [-0.39, 0.29) is 24.3 Å². The highest BCUT2D eigenvalue weighted by Gasteiger charge is 2.31. The van der Waals surface area contributed by atoms with Crippen molar-refractivity contribution in [2.24, 2.45) is 5.41 Å². The van der Waals surface area contributed by atoms with Crippen LogP contribution in [0.5, 0.6) is 0 Å². The van der Waals surface area contributed by atoms with Gasteiger partial charge in [0.1, 0.15) is 0 Å². The summed E-state index contributed by atoms with van der Waals surface area (Å²) in [6, 6.07) is 20.4. The third kappa shape index (κ3) is 6.65. The third-order valence-electron chi connectivity index (χ3n) is 6.06. The van der Waals surface area contributed by atoms with Crippen LogP contribution in [0, 0.1) is 5.41 Å². The molecule has 0 unspecified atom stereocenters. The maximum absolute atomic E-state index is 13.3. The number of para-hydroxylation sites is 1. The SMILES string of the molecule is COC(=O)C(C)(C)CCC(=O)N(C[C@@H]1CN(Cc2ccccc2)CCN1)c1ccccc1. The number of nitrogens with one attached hydrogen (secondary N) is 1. The van der Waals surface area contributed by atoms with Crippen LogP contribution < -0.4 is 10.2 Å². The first-order valence-electron chi connectivity index (χ1n) is 11.3. The number of benzene rings is 2. The number of amides is 1. The lowest BCUT2D eigenvalue weighted by Gasteiger charge is -2.37. The van der Waals surface area contributed by atoms with E-state index in [1.807, 2.05) is 55.1 Å². The number of hydrogen-bond acceptors (Lipinski definition) is 5. The first-order chi connectivity index (χ1) is 15.4. The summed E-state index contributed by atoms with van der Waals surface area (Å²) in [5.74, 6) is -0.266. The normalized spacial score (nSPS) is 17.0. The molecule has 3 rings (SSSR count). The molecule has 2 aromatic rings. The summed E-state index contributed by atoms with van der Waals surface area (Å²) in [6.07, 6.45) is 0.734. The molecule has 0 bridgehead atoms. The molecule has 0 aliphatic carbocycles. The maximum atomic E-state index is 13.3. The van der Waals surface area contributed by atoms with Gasteiger partial charge in [0.05, 0.1) is 12.5 Å². The van der Waals surface area contributed by atoms with E-state index in [0.717, 1.165) is 31.9 Å². The van der Waals surface area contributed by atoms with Crippen molar-refractivity contribution in [2.75, 3.05) is 38.2 Å². The number of nitrogens with zero attached hydrogens (tertiary/aromatic N) is 2. The fourth-order valence-corrected chi connectivity index (χ4v) is 4.11.